The normalized spacial score (nSPS) is 13.1. The quantitative estimate of drug-likeness (QED) is 0.859. The van der Waals surface area contributed by atoms with Crippen LogP contribution in [0, 0.1) is 0 Å². The van der Waals surface area contributed by atoms with Gasteiger partial charge in [-0.25, -0.2) is 8.42 Å². The Morgan fingerprint density at radius 2 is 1.95 bits per heavy atom. The molecule has 0 fully saturated rings. The first kappa shape index (κ1) is 16.0. The average molecular weight is 328 g/mol. The molecule has 1 rings (SSSR count). The molecule has 0 aliphatic carbocycles. The highest BCUT2D eigenvalue weighted by Gasteiger charge is 2.25. The number of carbonyl (C=O) groups is 1. The molecule has 0 radical (unpaired) electrons. The minimum absolute atomic E-state index is 0.0512. The van der Waals surface area contributed by atoms with Gasteiger partial charge in [-0.15, -0.1) is 0 Å². The minimum Gasteiger partial charge on any atom is -0.495 e. The molecular weight excluding hydrogens is 317 g/mol. The molecule has 106 valence electrons. The van der Waals surface area contributed by atoms with Crippen LogP contribution in [0.2, 0.25) is 10.0 Å². The van der Waals surface area contributed by atoms with E-state index in [-0.39, 0.29) is 20.7 Å². The minimum atomic E-state index is -4.09. The molecule has 0 saturated heterocycles. The van der Waals surface area contributed by atoms with Gasteiger partial charge in [0.15, 0.2) is 0 Å². The van der Waals surface area contributed by atoms with Crippen molar-refractivity contribution in [3.8, 4) is 5.75 Å². The predicted octanol–water partition coefficient (Wildman–Crippen LogP) is 1.75. The molecule has 1 atom stereocenters. The number of sulfonamides is 1. The summed E-state index contributed by atoms with van der Waals surface area (Å²) in [5.74, 6) is -1.09. The highest BCUT2D eigenvalue weighted by molar-refractivity contribution is 7.89. The van der Waals surface area contributed by atoms with Gasteiger partial charge in [-0.2, -0.15) is 4.72 Å². The van der Waals surface area contributed by atoms with E-state index >= 15 is 0 Å². The maximum Gasteiger partial charge on any atom is 0.321 e. The van der Waals surface area contributed by atoms with Crippen LogP contribution in [0.3, 0.4) is 0 Å². The van der Waals surface area contributed by atoms with E-state index < -0.39 is 22.0 Å². The summed E-state index contributed by atoms with van der Waals surface area (Å²) in [7, 11) is -2.73. The van der Waals surface area contributed by atoms with E-state index in [1.54, 1.807) is 0 Å². The highest BCUT2D eigenvalue weighted by atomic mass is 35.5. The molecule has 9 heteroatoms. The van der Waals surface area contributed by atoms with Crippen molar-refractivity contribution in [1.29, 1.82) is 0 Å². The highest BCUT2D eigenvalue weighted by Crippen LogP contribution is 2.33. The Balaban J connectivity index is 3.22. The maximum atomic E-state index is 12.0. The number of carboxylic acid groups (broad SMARTS) is 1. The number of methoxy groups -OCH3 is 1. The predicted molar refractivity (Wildman–Crippen MR) is 70.4 cm³/mol. The first-order chi connectivity index (χ1) is 8.69. The lowest BCUT2D eigenvalue weighted by Gasteiger charge is -2.13. The molecule has 0 unspecified atom stereocenters. The summed E-state index contributed by atoms with van der Waals surface area (Å²) in [4.78, 5) is 10.3. The topological polar surface area (TPSA) is 92.7 Å². The molecule has 0 spiro atoms. The number of rotatable bonds is 5. The monoisotopic (exact) mass is 327 g/mol. The summed E-state index contributed by atoms with van der Waals surface area (Å²) in [6.45, 7) is 1.19. The summed E-state index contributed by atoms with van der Waals surface area (Å²) in [6.07, 6.45) is 0. The van der Waals surface area contributed by atoms with Gasteiger partial charge in [0, 0.05) is 6.07 Å². The molecule has 0 heterocycles. The van der Waals surface area contributed by atoms with Gasteiger partial charge in [0.1, 0.15) is 16.7 Å². The van der Waals surface area contributed by atoms with Gasteiger partial charge in [0.05, 0.1) is 17.2 Å². The van der Waals surface area contributed by atoms with Crippen molar-refractivity contribution in [3.05, 3.63) is 22.2 Å². The van der Waals surface area contributed by atoms with Crippen LogP contribution < -0.4 is 9.46 Å². The van der Waals surface area contributed by atoms with Gasteiger partial charge in [-0.3, -0.25) is 4.79 Å². The lowest BCUT2D eigenvalue weighted by molar-refractivity contribution is -0.138. The van der Waals surface area contributed by atoms with Crippen LogP contribution in [0.15, 0.2) is 17.0 Å². The third-order valence-electron chi connectivity index (χ3n) is 2.20. The van der Waals surface area contributed by atoms with Crippen molar-refractivity contribution in [2.45, 2.75) is 17.9 Å². The third kappa shape index (κ3) is 3.73. The number of hydrogen-bond acceptors (Lipinski definition) is 4. The van der Waals surface area contributed by atoms with E-state index in [0.717, 1.165) is 6.07 Å². The van der Waals surface area contributed by atoms with Crippen molar-refractivity contribution in [2.75, 3.05) is 7.11 Å². The Hall–Kier alpha value is -1.02. The molecule has 0 bridgehead atoms. The van der Waals surface area contributed by atoms with Gasteiger partial charge in [0.25, 0.3) is 0 Å². The van der Waals surface area contributed by atoms with Crippen molar-refractivity contribution in [2.24, 2.45) is 0 Å². The van der Waals surface area contributed by atoms with Gasteiger partial charge in [-0.05, 0) is 13.0 Å². The smallest absolute Gasteiger partial charge is 0.321 e. The summed E-state index contributed by atoms with van der Waals surface area (Å²) in [5, 5.41) is 8.62. The Kier molecular flexibility index (Phi) is 5.03. The molecule has 6 nitrogen and oxygen atoms in total. The van der Waals surface area contributed by atoms with Gasteiger partial charge in [-0.1, -0.05) is 23.2 Å². The van der Waals surface area contributed by atoms with Gasteiger partial charge < -0.3 is 9.84 Å². The second-order valence-electron chi connectivity index (χ2n) is 3.60. The largest absolute Gasteiger partial charge is 0.495 e. The number of aliphatic carboxylic acids is 1. The zero-order valence-electron chi connectivity index (χ0n) is 9.98. The molecule has 0 amide bonds. The SMILES string of the molecule is COc1cc(Cl)c(S(=O)(=O)N[C@@H](C)C(=O)O)cc1Cl. The van der Waals surface area contributed by atoms with Crippen molar-refractivity contribution >= 4 is 39.2 Å². The Morgan fingerprint density at radius 3 is 2.42 bits per heavy atom. The molecule has 1 aromatic rings. The lowest BCUT2D eigenvalue weighted by atomic mass is 10.3. The van der Waals surface area contributed by atoms with Crippen LogP contribution in [-0.2, 0) is 14.8 Å². The van der Waals surface area contributed by atoms with Gasteiger partial charge >= 0.3 is 5.97 Å². The van der Waals surface area contributed by atoms with Crippen LogP contribution >= 0.6 is 23.2 Å². The standard InChI is InChI=1S/C10H11Cl2NO5S/c1-5(10(14)15)13-19(16,17)9-4-6(11)8(18-2)3-7(9)12/h3-5,13H,1-2H3,(H,14,15)/t5-/m0/s1. The van der Waals surface area contributed by atoms with Crippen molar-refractivity contribution < 1.29 is 23.1 Å². The van der Waals surface area contributed by atoms with Crippen LogP contribution in [0.1, 0.15) is 6.92 Å². The van der Waals surface area contributed by atoms with Crippen molar-refractivity contribution in [3.63, 3.8) is 0 Å². The maximum absolute atomic E-state index is 12.0. The summed E-state index contributed by atoms with van der Waals surface area (Å²) in [6, 6.07) is 1.05. The van der Waals surface area contributed by atoms with Crippen molar-refractivity contribution in [1.82, 2.24) is 4.72 Å². The number of halogens is 2. The zero-order chi connectivity index (χ0) is 14.8. The number of ether oxygens (including phenoxy) is 1. The summed E-state index contributed by atoms with van der Waals surface area (Å²) >= 11 is 11.6. The molecule has 1 aromatic carbocycles. The Morgan fingerprint density at radius 1 is 1.37 bits per heavy atom. The molecular formula is C10H11Cl2NO5S. The van der Waals surface area contributed by atoms with Crippen LogP contribution in [-0.4, -0.2) is 32.6 Å². The molecule has 0 aliphatic heterocycles. The number of benzene rings is 1. The van der Waals surface area contributed by atoms with Gasteiger partial charge in [0.2, 0.25) is 10.0 Å². The van der Waals surface area contributed by atoms with E-state index in [2.05, 4.69) is 0 Å². The van der Waals surface area contributed by atoms with E-state index in [1.165, 1.54) is 20.1 Å². The second kappa shape index (κ2) is 5.96. The second-order valence-corrected chi connectivity index (χ2v) is 6.10. The number of nitrogens with one attached hydrogen (secondary N) is 1. The van der Waals surface area contributed by atoms with E-state index in [1.807, 2.05) is 4.72 Å². The Labute approximate surface area is 120 Å². The van der Waals surface area contributed by atoms with Crippen LogP contribution in [0.25, 0.3) is 0 Å². The summed E-state index contributed by atoms with van der Waals surface area (Å²) < 4.78 is 30.8. The van der Waals surface area contributed by atoms with E-state index in [0.29, 0.717) is 0 Å². The molecule has 2 N–H and O–H groups in total. The number of carboxylic acids is 1. The summed E-state index contributed by atoms with van der Waals surface area (Å²) in [5.41, 5.74) is 0. The molecule has 0 aliphatic rings. The first-order valence-electron chi connectivity index (χ1n) is 4.97. The Bertz CT molecular complexity index is 602. The average Bonchev–Trinajstić information content (AvgIpc) is 2.30. The molecule has 0 saturated carbocycles. The third-order valence-corrected chi connectivity index (χ3v) is 4.50. The lowest BCUT2D eigenvalue weighted by Crippen LogP contribution is -2.38. The van der Waals surface area contributed by atoms with E-state index in [9.17, 15) is 13.2 Å². The first-order valence-corrected chi connectivity index (χ1v) is 7.21. The molecule has 19 heavy (non-hydrogen) atoms. The molecule has 0 aromatic heterocycles. The van der Waals surface area contributed by atoms with Crippen LogP contribution in [0.5, 0.6) is 5.75 Å². The van der Waals surface area contributed by atoms with Crippen LogP contribution in [0.4, 0.5) is 0 Å². The fraction of sp³-hybridized carbons (Fsp3) is 0.300. The zero-order valence-corrected chi connectivity index (χ0v) is 12.3. The fourth-order valence-corrected chi connectivity index (χ4v) is 3.27. The van der Waals surface area contributed by atoms with E-state index in [4.69, 9.17) is 33.0 Å². The number of hydrogen-bond donors (Lipinski definition) is 2. The fourth-order valence-electron chi connectivity index (χ4n) is 1.22.